The van der Waals surface area contributed by atoms with Crippen molar-refractivity contribution in [1.29, 1.82) is 0 Å². The van der Waals surface area contributed by atoms with Crippen molar-refractivity contribution < 1.29 is 31.1 Å². The number of hydrogen-bond acceptors (Lipinski definition) is 1. The molecule has 0 heterocycles. The summed E-state index contributed by atoms with van der Waals surface area (Å²) in [5, 5.41) is 0. The Morgan fingerprint density at radius 3 is 1.68 bits per heavy atom. The first kappa shape index (κ1) is 19.6. The third kappa shape index (κ3) is 5.63. The van der Waals surface area contributed by atoms with E-state index in [-0.39, 0.29) is 31.5 Å². The molecule has 22 heavy (non-hydrogen) atoms. The van der Waals surface area contributed by atoms with E-state index in [4.69, 9.17) is 4.74 Å². The summed E-state index contributed by atoms with van der Waals surface area (Å²) in [5.74, 6) is -4.29. The maximum absolute atomic E-state index is 12.9. The molecule has 0 radical (unpaired) electrons. The van der Waals surface area contributed by atoms with Crippen LogP contribution in [-0.4, -0.2) is 25.1 Å². The first-order valence-corrected chi connectivity index (χ1v) is 7.70. The standard InChI is InChI=1S/C15H24F6O/c1-4-13(9(2)3)22-8-10-5-11(14(16,17)18)7-12(6-10)15(19,20)21/h9-13H,4-8H2,1-3H3/t10?,11-,12?,13?/m1/s1. The van der Waals surface area contributed by atoms with Crippen LogP contribution in [0.5, 0.6) is 0 Å². The van der Waals surface area contributed by atoms with Crippen molar-refractivity contribution in [3.63, 3.8) is 0 Å². The van der Waals surface area contributed by atoms with Crippen LogP contribution in [0.25, 0.3) is 0 Å². The van der Waals surface area contributed by atoms with Gasteiger partial charge in [-0.2, -0.15) is 26.3 Å². The van der Waals surface area contributed by atoms with Crippen molar-refractivity contribution in [2.75, 3.05) is 6.61 Å². The summed E-state index contributed by atoms with van der Waals surface area (Å²) in [4.78, 5) is 0. The molecule has 0 amide bonds. The van der Waals surface area contributed by atoms with Crippen molar-refractivity contribution >= 4 is 0 Å². The van der Waals surface area contributed by atoms with E-state index >= 15 is 0 Å². The Kier molecular flexibility index (Phi) is 6.59. The van der Waals surface area contributed by atoms with Crippen molar-refractivity contribution in [3.8, 4) is 0 Å². The van der Waals surface area contributed by atoms with Crippen LogP contribution >= 0.6 is 0 Å². The average molecular weight is 334 g/mol. The van der Waals surface area contributed by atoms with Gasteiger partial charge < -0.3 is 4.74 Å². The van der Waals surface area contributed by atoms with Crippen LogP contribution in [0.3, 0.4) is 0 Å². The predicted octanol–water partition coefficient (Wildman–Crippen LogP) is 5.59. The van der Waals surface area contributed by atoms with Gasteiger partial charge in [0.15, 0.2) is 0 Å². The van der Waals surface area contributed by atoms with Gasteiger partial charge in [-0.05, 0) is 37.5 Å². The molecule has 0 aromatic heterocycles. The smallest absolute Gasteiger partial charge is 0.378 e. The van der Waals surface area contributed by atoms with Gasteiger partial charge in [-0.3, -0.25) is 0 Å². The van der Waals surface area contributed by atoms with Crippen molar-refractivity contribution in [2.24, 2.45) is 23.7 Å². The quantitative estimate of drug-likeness (QED) is 0.595. The lowest BCUT2D eigenvalue weighted by atomic mass is 9.74. The highest BCUT2D eigenvalue weighted by Gasteiger charge is 2.51. The van der Waals surface area contributed by atoms with Crippen molar-refractivity contribution in [3.05, 3.63) is 0 Å². The average Bonchev–Trinajstić information content (AvgIpc) is 2.36. The Balaban J connectivity index is 2.72. The van der Waals surface area contributed by atoms with E-state index in [1.165, 1.54) is 0 Å². The van der Waals surface area contributed by atoms with E-state index in [1.807, 2.05) is 20.8 Å². The zero-order chi connectivity index (χ0) is 17.1. The molecule has 0 bridgehead atoms. The van der Waals surface area contributed by atoms with Crippen LogP contribution in [0.4, 0.5) is 26.3 Å². The van der Waals surface area contributed by atoms with E-state index in [0.717, 1.165) is 0 Å². The van der Waals surface area contributed by atoms with Gasteiger partial charge in [0.1, 0.15) is 0 Å². The highest BCUT2D eigenvalue weighted by Crippen LogP contribution is 2.47. The fourth-order valence-corrected chi connectivity index (χ4v) is 3.15. The highest BCUT2D eigenvalue weighted by molar-refractivity contribution is 4.86. The second-order valence-corrected chi connectivity index (χ2v) is 6.57. The molecule has 0 aliphatic heterocycles. The Hall–Kier alpha value is -0.460. The molecule has 4 atom stereocenters. The molecule has 0 aromatic carbocycles. The molecule has 3 unspecified atom stereocenters. The second kappa shape index (κ2) is 7.41. The Bertz CT molecular complexity index is 314. The van der Waals surface area contributed by atoms with Crippen LogP contribution in [0.1, 0.15) is 46.5 Å². The Morgan fingerprint density at radius 1 is 0.909 bits per heavy atom. The van der Waals surface area contributed by atoms with Gasteiger partial charge in [-0.25, -0.2) is 0 Å². The molecule has 0 spiro atoms. The minimum absolute atomic E-state index is 0.0319. The van der Waals surface area contributed by atoms with Gasteiger partial charge in [0, 0.05) is 6.61 Å². The lowest BCUT2D eigenvalue weighted by Crippen LogP contribution is -2.40. The third-order valence-corrected chi connectivity index (χ3v) is 4.42. The molecule has 132 valence electrons. The Morgan fingerprint density at radius 2 is 1.36 bits per heavy atom. The first-order valence-electron chi connectivity index (χ1n) is 7.70. The number of alkyl halides is 6. The lowest BCUT2D eigenvalue weighted by molar-refractivity contribution is -0.231. The zero-order valence-electron chi connectivity index (χ0n) is 13.1. The fraction of sp³-hybridized carbons (Fsp3) is 1.00. The second-order valence-electron chi connectivity index (χ2n) is 6.57. The summed E-state index contributed by atoms with van der Waals surface area (Å²) in [6.07, 6.45) is -10.00. The molecule has 1 saturated carbocycles. The van der Waals surface area contributed by atoms with Gasteiger partial charge in [0.25, 0.3) is 0 Å². The van der Waals surface area contributed by atoms with Crippen molar-refractivity contribution in [2.45, 2.75) is 64.9 Å². The number of rotatable bonds is 5. The minimum Gasteiger partial charge on any atom is -0.378 e. The molecule has 1 aliphatic carbocycles. The van der Waals surface area contributed by atoms with Crippen LogP contribution in [0, 0.1) is 23.7 Å². The number of hydrogen-bond donors (Lipinski definition) is 0. The molecular weight excluding hydrogens is 310 g/mol. The van der Waals surface area contributed by atoms with Gasteiger partial charge in [-0.15, -0.1) is 0 Å². The summed E-state index contributed by atoms with van der Waals surface area (Å²) < 4.78 is 82.7. The van der Waals surface area contributed by atoms with Crippen molar-refractivity contribution in [1.82, 2.24) is 0 Å². The lowest BCUT2D eigenvalue weighted by Gasteiger charge is -2.37. The molecular formula is C15H24F6O. The van der Waals surface area contributed by atoms with Gasteiger partial charge >= 0.3 is 12.4 Å². The van der Waals surface area contributed by atoms with E-state index in [9.17, 15) is 26.3 Å². The van der Waals surface area contributed by atoms with E-state index < -0.39 is 36.5 Å². The molecule has 1 fully saturated rings. The SMILES string of the molecule is CCC(OCC1CC(C(F)(F)F)C[C@H](C(F)(F)F)C1)C(C)C. The van der Waals surface area contributed by atoms with Gasteiger partial charge in [0.05, 0.1) is 17.9 Å². The van der Waals surface area contributed by atoms with E-state index in [0.29, 0.717) is 6.42 Å². The third-order valence-electron chi connectivity index (χ3n) is 4.42. The molecule has 1 nitrogen and oxygen atoms in total. The molecule has 0 N–H and O–H groups in total. The molecule has 1 aliphatic rings. The summed E-state index contributed by atoms with van der Waals surface area (Å²) in [6, 6.07) is 0. The molecule has 1 rings (SSSR count). The summed E-state index contributed by atoms with van der Waals surface area (Å²) in [6.45, 7) is 5.70. The molecule has 7 heteroatoms. The van der Waals surface area contributed by atoms with Crippen LogP contribution in [0.15, 0.2) is 0 Å². The first-order chi connectivity index (χ1) is 9.95. The fourth-order valence-electron chi connectivity index (χ4n) is 3.15. The normalized spacial score (nSPS) is 28.9. The Labute approximate surface area is 127 Å². The summed E-state index contributed by atoms with van der Waals surface area (Å²) in [7, 11) is 0. The van der Waals surface area contributed by atoms with Gasteiger partial charge in [-0.1, -0.05) is 20.8 Å². The summed E-state index contributed by atoms with van der Waals surface area (Å²) in [5.41, 5.74) is 0. The van der Waals surface area contributed by atoms with Crippen LogP contribution in [-0.2, 0) is 4.74 Å². The highest BCUT2D eigenvalue weighted by atomic mass is 19.4. The maximum atomic E-state index is 12.9. The maximum Gasteiger partial charge on any atom is 0.391 e. The topological polar surface area (TPSA) is 9.23 Å². The van der Waals surface area contributed by atoms with Crippen LogP contribution in [0.2, 0.25) is 0 Å². The zero-order valence-corrected chi connectivity index (χ0v) is 13.1. The molecule has 0 aromatic rings. The van der Waals surface area contributed by atoms with Crippen LogP contribution < -0.4 is 0 Å². The van der Waals surface area contributed by atoms with Gasteiger partial charge in [0.2, 0.25) is 0 Å². The predicted molar refractivity (Wildman–Crippen MR) is 71.3 cm³/mol. The minimum atomic E-state index is -4.58. The number of ether oxygens (including phenoxy) is 1. The largest absolute Gasteiger partial charge is 0.391 e. The molecule has 0 saturated heterocycles. The monoisotopic (exact) mass is 334 g/mol. The van der Waals surface area contributed by atoms with E-state index in [1.54, 1.807) is 0 Å². The summed E-state index contributed by atoms with van der Waals surface area (Å²) >= 11 is 0. The van der Waals surface area contributed by atoms with E-state index in [2.05, 4.69) is 0 Å². The number of halogens is 6.